The quantitative estimate of drug-likeness (QED) is 0.508. The summed E-state index contributed by atoms with van der Waals surface area (Å²) in [5.41, 5.74) is 4.31. The summed E-state index contributed by atoms with van der Waals surface area (Å²) in [6, 6.07) is 11.9. The number of nitrogens with zero attached hydrogens (tertiary/aromatic N) is 2. The molecular formula is C25H27N3O5. The maximum Gasteiger partial charge on any atom is 0.303 e. The lowest BCUT2D eigenvalue weighted by molar-refractivity contribution is -0.137. The fourth-order valence-electron chi connectivity index (χ4n) is 4.42. The van der Waals surface area contributed by atoms with Gasteiger partial charge in [-0.1, -0.05) is 18.2 Å². The first-order valence-corrected chi connectivity index (χ1v) is 11.4. The number of fused-ring (bicyclic) bond motifs is 2. The first-order chi connectivity index (χ1) is 16.1. The predicted molar refractivity (Wildman–Crippen MR) is 121 cm³/mol. The zero-order valence-corrected chi connectivity index (χ0v) is 18.4. The Labute approximate surface area is 191 Å². The molecular weight excluding hydrogens is 422 g/mol. The number of benzene rings is 1. The summed E-state index contributed by atoms with van der Waals surface area (Å²) in [6.45, 7) is 2.06. The highest BCUT2D eigenvalue weighted by molar-refractivity contribution is 5.68. The molecule has 0 amide bonds. The van der Waals surface area contributed by atoms with E-state index < -0.39 is 5.97 Å². The van der Waals surface area contributed by atoms with Crippen LogP contribution in [0.5, 0.6) is 11.6 Å². The van der Waals surface area contributed by atoms with Crippen molar-refractivity contribution in [2.75, 3.05) is 25.1 Å². The maximum atomic E-state index is 11.5. The van der Waals surface area contributed by atoms with Crippen molar-refractivity contribution in [3.05, 3.63) is 64.5 Å². The van der Waals surface area contributed by atoms with Crippen LogP contribution < -0.4 is 14.8 Å². The van der Waals surface area contributed by atoms with Gasteiger partial charge in [0.05, 0.1) is 19.6 Å². The van der Waals surface area contributed by atoms with Gasteiger partial charge < -0.3 is 24.4 Å². The van der Waals surface area contributed by atoms with Crippen LogP contribution in [0.4, 0.5) is 5.82 Å². The second-order valence-corrected chi connectivity index (χ2v) is 8.54. The Balaban J connectivity index is 1.19. The summed E-state index contributed by atoms with van der Waals surface area (Å²) in [6.07, 6.45) is 4.16. The molecule has 2 aliphatic heterocycles. The lowest BCUT2D eigenvalue weighted by atomic mass is 9.90. The Morgan fingerprint density at radius 1 is 1.18 bits per heavy atom. The molecule has 8 nitrogen and oxygen atoms in total. The smallest absolute Gasteiger partial charge is 0.303 e. The molecule has 1 unspecified atom stereocenters. The molecule has 2 N–H and O–H groups in total. The Bertz CT molecular complexity index is 1140. The topological polar surface area (TPSA) is 107 Å². The van der Waals surface area contributed by atoms with Crippen LogP contribution in [0.2, 0.25) is 0 Å². The molecule has 8 heteroatoms. The van der Waals surface area contributed by atoms with E-state index >= 15 is 0 Å². The number of anilines is 1. The van der Waals surface area contributed by atoms with Crippen molar-refractivity contribution in [1.82, 2.24) is 10.1 Å². The Hall–Kier alpha value is -3.55. The summed E-state index contributed by atoms with van der Waals surface area (Å²) in [7, 11) is 0. The van der Waals surface area contributed by atoms with Gasteiger partial charge in [0.1, 0.15) is 17.3 Å². The minimum absolute atomic E-state index is 0.00624. The first-order valence-electron chi connectivity index (χ1n) is 11.4. The molecule has 33 heavy (non-hydrogen) atoms. The van der Waals surface area contributed by atoms with Crippen LogP contribution >= 0.6 is 0 Å². The molecule has 5 rings (SSSR count). The van der Waals surface area contributed by atoms with Crippen molar-refractivity contribution >= 4 is 11.8 Å². The first kappa shape index (κ1) is 21.3. The van der Waals surface area contributed by atoms with Crippen molar-refractivity contribution in [2.45, 2.75) is 44.4 Å². The average molecular weight is 450 g/mol. The molecule has 0 saturated heterocycles. The number of rotatable bonds is 9. The Kier molecular flexibility index (Phi) is 6.15. The molecule has 3 aromatic rings. The number of carbonyl (C=O) groups is 1. The zero-order valence-electron chi connectivity index (χ0n) is 18.4. The van der Waals surface area contributed by atoms with Crippen LogP contribution in [0, 0.1) is 0 Å². The molecule has 0 radical (unpaired) electrons. The van der Waals surface area contributed by atoms with Crippen molar-refractivity contribution in [1.29, 1.82) is 0 Å². The highest BCUT2D eigenvalue weighted by Gasteiger charge is 2.22. The van der Waals surface area contributed by atoms with E-state index in [0.29, 0.717) is 37.7 Å². The van der Waals surface area contributed by atoms with E-state index in [2.05, 4.69) is 21.5 Å². The molecule has 1 atom stereocenters. The third-order valence-corrected chi connectivity index (χ3v) is 6.16. The van der Waals surface area contributed by atoms with Crippen LogP contribution in [0.25, 0.3) is 0 Å². The van der Waals surface area contributed by atoms with Gasteiger partial charge in [-0.15, -0.1) is 0 Å². The largest absolute Gasteiger partial charge is 0.493 e. The number of carboxylic acid groups (broad SMARTS) is 1. The van der Waals surface area contributed by atoms with Gasteiger partial charge >= 0.3 is 5.97 Å². The molecule has 2 aromatic heterocycles. The second kappa shape index (κ2) is 9.52. The molecule has 0 fully saturated rings. The normalized spacial score (nSPS) is 15.2. The van der Waals surface area contributed by atoms with E-state index in [0.717, 1.165) is 54.2 Å². The molecule has 0 saturated carbocycles. The second-order valence-electron chi connectivity index (χ2n) is 8.54. The zero-order chi connectivity index (χ0) is 22.6. The van der Waals surface area contributed by atoms with Gasteiger partial charge in [0.15, 0.2) is 0 Å². The number of ether oxygens (including phenoxy) is 2. The fraction of sp³-hybridized carbons (Fsp3) is 0.400. The van der Waals surface area contributed by atoms with Gasteiger partial charge in [-0.25, -0.2) is 4.98 Å². The van der Waals surface area contributed by atoms with Crippen LogP contribution in [-0.4, -0.2) is 41.0 Å². The number of aromatic nitrogens is 2. The lowest BCUT2D eigenvalue weighted by Gasteiger charge is -2.17. The van der Waals surface area contributed by atoms with Gasteiger partial charge in [-0.05, 0) is 46.8 Å². The SMILES string of the molecule is O=C(O)CC(Cc1cc(OCCc2ccc3c(n2)NCCC3)no1)c1ccc2c(c1)OCC2. The van der Waals surface area contributed by atoms with E-state index in [9.17, 15) is 9.90 Å². The summed E-state index contributed by atoms with van der Waals surface area (Å²) in [4.78, 5) is 16.1. The summed E-state index contributed by atoms with van der Waals surface area (Å²) in [5.74, 6) is 1.70. The van der Waals surface area contributed by atoms with E-state index in [1.807, 2.05) is 24.3 Å². The van der Waals surface area contributed by atoms with Gasteiger partial charge in [-0.3, -0.25) is 4.79 Å². The number of carboxylic acids is 1. The van der Waals surface area contributed by atoms with Gasteiger partial charge in [-0.2, -0.15) is 0 Å². The Morgan fingerprint density at radius 2 is 2.09 bits per heavy atom. The highest BCUT2D eigenvalue weighted by Crippen LogP contribution is 2.33. The number of aliphatic carboxylic acids is 1. The van der Waals surface area contributed by atoms with Crippen LogP contribution in [-0.2, 0) is 30.5 Å². The van der Waals surface area contributed by atoms with Gasteiger partial charge in [0.2, 0.25) is 0 Å². The third-order valence-electron chi connectivity index (χ3n) is 6.16. The van der Waals surface area contributed by atoms with Crippen LogP contribution in [0.3, 0.4) is 0 Å². The maximum absolute atomic E-state index is 11.5. The summed E-state index contributed by atoms with van der Waals surface area (Å²) in [5, 5.41) is 16.8. The highest BCUT2D eigenvalue weighted by atomic mass is 16.5. The lowest BCUT2D eigenvalue weighted by Crippen LogP contribution is -2.14. The van der Waals surface area contributed by atoms with Gasteiger partial charge in [0, 0.05) is 43.5 Å². The molecule has 1 aromatic carbocycles. The molecule has 2 aliphatic rings. The summed E-state index contributed by atoms with van der Waals surface area (Å²) >= 11 is 0. The van der Waals surface area contributed by atoms with Crippen LogP contribution in [0.1, 0.15) is 46.9 Å². The van der Waals surface area contributed by atoms with Gasteiger partial charge in [0.25, 0.3) is 5.88 Å². The fourth-order valence-corrected chi connectivity index (χ4v) is 4.42. The van der Waals surface area contributed by atoms with E-state index in [4.69, 9.17) is 14.0 Å². The monoisotopic (exact) mass is 449 g/mol. The van der Waals surface area contributed by atoms with E-state index in [1.54, 1.807) is 6.07 Å². The van der Waals surface area contributed by atoms with Crippen molar-refractivity contribution in [3.63, 3.8) is 0 Å². The van der Waals surface area contributed by atoms with E-state index in [1.165, 1.54) is 5.56 Å². The molecule has 172 valence electrons. The van der Waals surface area contributed by atoms with Crippen LogP contribution in [0.15, 0.2) is 40.9 Å². The molecule has 0 spiro atoms. The number of pyridine rings is 1. The summed E-state index contributed by atoms with van der Waals surface area (Å²) < 4.78 is 16.9. The standard InChI is InChI=1S/C25H27N3O5/c29-24(30)14-19(18-4-3-16-7-10-31-22(16)13-18)12-21-15-23(28-33-21)32-11-8-20-6-5-17-2-1-9-26-25(17)27-20/h3-6,13,15,19H,1-2,7-12,14H2,(H,26,27)(H,29,30). The minimum atomic E-state index is -0.857. The van der Waals surface area contributed by atoms with Crippen molar-refractivity contribution < 1.29 is 23.9 Å². The molecule has 0 aliphatic carbocycles. The third kappa shape index (κ3) is 5.10. The van der Waals surface area contributed by atoms with Crippen molar-refractivity contribution in [2.24, 2.45) is 0 Å². The molecule has 4 heterocycles. The number of aryl methyl sites for hydroxylation is 1. The Morgan fingerprint density at radius 3 is 3.00 bits per heavy atom. The van der Waals surface area contributed by atoms with Crippen molar-refractivity contribution in [3.8, 4) is 11.6 Å². The number of nitrogens with one attached hydrogen (secondary N) is 1. The molecule has 0 bridgehead atoms. The predicted octanol–water partition coefficient (Wildman–Crippen LogP) is 3.79. The number of hydrogen-bond acceptors (Lipinski definition) is 7. The van der Waals surface area contributed by atoms with E-state index in [-0.39, 0.29) is 12.3 Å². The number of hydrogen-bond donors (Lipinski definition) is 2. The minimum Gasteiger partial charge on any atom is -0.493 e. The average Bonchev–Trinajstić information content (AvgIpc) is 3.47.